The molecule has 55 heavy (non-hydrogen) atoms. The highest BCUT2D eigenvalue weighted by Gasteiger charge is 2.24. The fourth-order valence-electron chi connectivity index (χ4n) is 7.42. The van der Waals surface area contributed by atoms with Gasteiger partial charge >= 0.3 is 5.97 Å². The molecule has 302 valence electrons. The number of anilines is 2. The van der Waals surface area contributed by atoms with Crippen molar-refractivity contribution in [2.24, 2.45) is 5.73 Å². The van der Waals surface area contributed by atoms with Crippen LogP contribution in [0.3, 0.4) is 0 Å². The van der Waals surface area contributed by atoms with Gasteiger partial charge in [0, 0.05) is 56.4 Å². The first-order chi connectivity index (χ1) is 26.8. The lowest BCUT2D eigenvalue weighted by Gasteiger charge is -2.33. The number of fused-ring (bicyclic) bond motifs is 1. The summed E-state index contributed by atoms with van der Waals surface area (Å²) >= 11 is 0. The lowest BCUT2D eigenvalue weighted by Crippen LogP contribution is -2.42. The molecule has 0 spiro atoms. The smallest absolute Gasteiger partial charge is 0.320 e. The molecule has 0 bridgehead atoms. The number of aryl methyl sites for hydroxylation is 1. The number of nitrogens with zero attached hydrogens (tertiary/aromatic N) is 6. The number of unbranched alkanes of at least 4 members (excludes halogenated alkanes) is 3. The average molecular weight is 762 g/mol. The van der Waals surface area contributed by atoms with Crippen LogP contribution in [-0.2, 0) is 27.5 Å². The lowest BCUT2D eigenvalue weighted by atomic mass is 9.95. The van der Waals surface area contributed by atoms with E-state index in [9.17, 15) is 14.4 Å². The Labute approximate surface area is 325 Å². The zero-order valence-electron chi connectivity index (χ0n) is 32.5. The van der Waals surface area contributed by atoms with Gasteiger partial charge in [-0.2, -0.15) is 4.98 Å². The Kier molecular flexibility index (Phi) is 17.5. The summed E-state index contributed by atoms with van der Waals surface area (Å²) in [4.78, 5) is 47.3. The third kappa shape index (κ3) is 14.8. The second-order valence-corrected chi connectivity index (χ2v) is 15.2. The number of hydrogen-bond acceptors (Lipinski definition) is 12. The average Bonchev–Trinajstić information content (AvgIpc) is 3.66. The Hall–Kier alpha value is -4.21. The standard InChI is InChI=1S/C40H63N11O4/c41-35(39(54)55)19-18-33(52)14-6-1-2-7-17-37(53)50-26-20-31(21-27-50)45-38-34-15-8-9-16-36(34)46-40(47-38)44-28-32-29-51(49-48-32)25-11-23-42-22-10-24-43-30-12-4-3-5-13-30/h8-9,15-16,29-31,35,42-43H,1-7,10-14,17-28,41H2,(H,54,55)(H2,44,45,46,47)/t35-/m1/s1. The van der Waals surface area contributed by atoms with Gasteiger partial charge in [-0.25, -0.2) is 4.98 Å². The minimum absolute atomic E-state index is 0.0463. The van der Waals surface area contributed by atoms with Crippen LogP contribution in [0.5, 0.6) is 0 Å². The molecule has 2 aromatic heterocycles. The van der Waals surface area contributed by atoms with Crippen molar-refractivity contribution in [3.63, 3.8) is 0 Å². The first-order valence-electron chi connectivity index (χ1n) is 20.7. The summed E-state index contributed by atoms with van der Waals surface area (Å²) in [5.74, 6) is 0.452. The number of benzene rings is 1. The SMILES string of the molecule is N[C@H](CCC(=O)CCCCCCC(=O)N1CCC(Nc2nc(NCc3cn(CCCNCCCNC4CCCCC4)nn3)nc3ccccc23)CC1)C(=O)O. The second-order valence-electron chi connectivity index (χ2n) is 15.2. The van der Waals surface area contributed by atoms with E-state index in [4.69, 9.17) is 20.8 Å². The summed E-state index contributed by atoms with van der Waals surface area (Å²) < 4.78 is 1.90. The Balaban J connectivity index is 0.967. The fourth-order valence-corrected chi connectivity index (χ4v) is 7.42. The number of carboxylic acid groups (broad SMARTS) is 1. The number of aromatic nitrogens is 5. The number of ketones is 1. The first kappa shape index (κ1) is 41.9. The van der Waals surface area contributed by atoms with Gasteiger partial charge in [0.05, 0.1) is 18.3 Å². The van der Waals surface area contributed by atoms with Gasteiger partial charge in [-0.3, -0.25) is 19.1 Å². The molecule has 1 saturated heterocycles. The molecule has 5 rings (SSSR count). The van der Waals surface area contributed by atoms with Gasteiger partial charge in [0.25, 0.3) is 0 Å². The summed E-state index contributed by atoms with van der Waals surface area (Å²) in [6.07, 6.45) is 17.2. The summed E-state index contributed by atoms with van der Waals surface area (Å²) in [6, 6.07) is 7.91. The summed E-state index contributed by atoms with van der Waals surface area (Å²) in [5.41, 5.74) is 7.15. The number of hydrogen-bond donors (Lipinski definition) is 6. The second kappa shape index (κ2) is 23.0. The van der Waals surface area contributed by atoms with Gasteiger partial charge in [0.2, 0.25) is 11.9 Å². The van der Waals surface area contributed by atoms with E-state index in [1.54, 1.807) is 0 Å². The molecule has 1 aliphatic heterocycles. The van der Waals surface area contributed by atoms with Crippen LogP contribution in [0.25, 0.3) is 10.9 Å². The number of carbonyl (C=O) groups is 3. The summed E-state index contributed by atoms with van der Waals surface area (Å²) in [6.45, 7) is 5.74. The quantitative estimate of drug-likeness (QED) is 0.0653. The molecule has 0 unspecified atom stereocenters. The monoisotopic (exact) mass is 762 g/mol. The minimum atomic E-state index is -1.08. The number of likely N-dealkylation sites (tertiary alicyclic amines) is 1. The molecule has 7 N–H and O–H groups in total. The van der Waals surface area contributed by atoms with Crippen LogP contribution in [0.4, 0.5) is 11.8 Å². The van der Waals surface area contributed by atoms with Crippen molar-refractivity contribution in [3.8, 4) is 0 Å². The third-order valence-corrected chi connectivity index (χ3v) is 10.8. The van der Waals surface area contributed by atoms with E-state index >= 15 is 0 Å². The zero-order valence-corrected chi connectivity index (χ0v) is 32.5. The van der Waals surface area contributed by atoms with Crippen LogP contribution >= 0.6 is 0 Å². The number of rotatable bonds is 25. The molecule has 2 fully saturated rings. The minimum Gasteiger partial charge on any atom is -0.480 e. The molecule has 3 aromatic rings. The Morgan fingerprint density at radius 1 is 0.855 bits per heavy atom. The van der Waals surface area contributed by atoms with Gasteiger partial charge in [-0.05, 0) is 89.6 Å². The number of para-hydroxylation sites is 1. The summed E-state index contributed by atoms with van der Waals surface area (Å²) in [5, 5.41) is 32.7. The number of nitrogens with two attached hydrogens (primary N) is 1. The number of nitrogens with one attached hydrogen (secondary N) is 4. The largest absolute Gasteiger partial charge is 0.480 e. The zero-order chi connectivity index (χ0) is 38.7. The highest BCUT2D eigenvalue weighted by molar-refractivity contribution is 5.90. The fraction of sp³-hybridized carbons (Fsp3) is 0.675. The molecule has 1 amide bonds. The normalized spacial score (nSPS) is 16.0. The number of Topliss-reactive ketones (excluding diaryl/α,β-unsaturated/α-hetero) is 1. The molecule has 1 atom stereocenters. The van der Waals surface area contributed by atoms with Crippen molar-refractivity contribution < 1.29 is 19.5 Å². The maximum atomic E-state index is 12.9. The Morgan fingerprint density at radius 3 is 2.42 bits per heavy atom. The van der Waals surface area contributed by atoms with Crippen LogP contribution in [-0.4, -0.2) is 103 Å². The molecule has 1 aromatic carbocycles. The van der Waals surface area contributed by atoms with E-state index in [1.165, 1.54) is 32.1 Å². The Morgan fingerprint density at radius 2 is 1.62 bits per heavy atom. The van der Waals surface area contributed by atoms with Crippen LogP contribution in [0.2, 0.25) is 0 Å². The van der Waals surface area contributed by atoms with Crippen molar-refractivity contribution in [2.75, 3.05) is 43.4 Å². The van der Waals surface area contributed by atoms with E-state index in [0.717, 1.165) is 106 Å². The van der Waals surface area contributed by atoms with E-state index < -0.39 is 12.0 Å². The molecule has 2 aliphatic rings. The predicted octanol–water partition coefficient (Wildman–Crippen LogP) is 4.63. The molecular weight excluding hydrogens is 699 g/mol. The lowest BCUT2D eigenvalue weighted by molar-refractivity contribution is -0.138. The van der Waals surface area contributed by atoms with E-state index in [2.05, 4.69) is 31.6 Å². The molecule has 0 radical (unpaired) electrons. The van der Waals surface area contributed by atoms with Gasteiger partial charge in [0.1, 0.15) is 23.3 Å². The number of amides is 1. The van der Waals surface area contributed by atoms with Crippen LogP contribution in [0.1, 0.15) is 115 Å². The molecule has 15 nitrogen and oxygen atoms in total. The maximum absolute atomic E-state index is 12.9. The number of piperidine rings is 1. The highest BCUT2D eigenvalue weighted by atomic mass is 16.4. The molecule has 3 heterocycles. The topological polar surface area (TPSA) is 205 Å². The van der Waals surface area contributed by atoms with E-state index in [1.807, 2.05) is 40.0 Å². The molecule has 1 saturated carbocycles. The first-order valence-corrected chi connectivity index (χ1v) is 20.7. The predicted molar refractivity (Wildman–Crippen MR) is 215 cm³/mol. The summed E-state index contributed by atoms with van der Waals surface area (Å²) in [7, 11) is 0. The van der Waals surface area contributed by atoms with Crippen LogP contribution in [0.15, 0.2) is 30.5 Å². The van der Waals surface area contributed by atoms with Crippen LogP contribution < -0.4 is 27.0 Å². The third-order valence-electron chi connectivity index (χ3n) is 10.8. The number of carboxylic acids is 1. The molecule has 1 aliphatic carbocycles. The Bertz CT molecular complexity index is 1620. The molecular formula is C40H63N11O4. The molecule has 15 heteroatoms. The van der Waals surface area contributed by atoms with E-state index in [-0.39, 0.29) is 30.6 Å². The van der Waals surface area contributed by atoms with Crippen molar-refractivity contribution in [1.29, 1.82) is 0 Å². The van der Waals surface area contributed by atoms with Gasteiger partial charge < -0.3 is 37.0 Å². The number of aliphatic carboxylic acids is 1. The highest BCUT2D eigenvalue weighted by Crippen LogP contribution is 2.25. The van der Waals surface area contributed by atoms with Gasteiger partial charge in [-0.1, -0.05) is 49.5 Å². The number of carbonyl (C=O) groups excluding carboxylic acids is 2. The van der Waals surface area contributed by atoms with Crippen molar-refractivity contribution in [1.82, 2.24) is 40.5 Å². The van der Waals surface area contributed by atoms with Crippen molar-refractivity contribution in [2.45, 2.75) is 140 Å². The van der Waals surface area contributed by atoms with Crippen molar-refractivity contribution >= 4 is 40.3 Å². The van der Waals surface area contributed by atoms with Crippen molar-refractivity contribution in [3.05, 3.63) is 36.2 Å². The van der Waals surface area contributed by atoms with Crippen LogP contribution in [0, 0.1) is 0 Å². The van der Waals surface area contributed by atoms with Gasteiger partial charge in [-0.15, -0.1) is 5.10 Å². The van der Waals surface area contributed by atoms with Gasteiger partial charge in [0.15, 0.2) is 0 Å². The maximum Gasteiger partial charge on any atom is 0.320 e. The van der Waals surface area contributed by atoms with E-state index in [0.29, 0.717) is 38.4 Å².